The Bertz CT molecular complexity index is 1050. The highest BCUT2D eigenvalue weighted by atomic mass is 35.5. The van der Waals surface area contributed by atoms with Crippen LogP contribution in [0.2, 0.25) is 5.02 Å². The van der Waals surface area contributed by atoms with Gasteiger partial charge < -0.3 is 5.32 Å². The summed E-state index contributed by atoms with van der Waals surface area (Å²) in [5.74, 6) is 1.68. The number of halogens is 1. The molecule has 0 radical (unpaired) electrons. The second-order valence-electron chi connectivity index (χ2n) is 5.97. The number of para-hydroxylation sites is 1. The van der Waals surface area contributed by atoms with Gasteiger partial charge in [0, 0.05) is 5.69 Å². The van der Waals surface area contributed by atoms with Crippen LogP contribution in [0.1, 0.15) is 0 Å². The van der Waals surface area contributed by atoms with Gasteiger partial charge in [0.2, 0.25) is 6.33 Å². The smallest absolute Gasteiger partial charge is 0.331 e. The van der Waals surface area contributed by atoms with Crippen molar-refractivity contribution >= 4 is 23.1 Å². The fourth-order valence-electron chi connectivity index (χ4n) is 2.60. The Labute approximate surface area is 155 Å². The molecular weight excluding hydrogens is 350 g/mol. The largest absolute Gasteiger partial charge is 0.339 e. The lowest BCUT2D eigenvalue weighted by Gasteiger charge is -2.09. The summed E-state index contributed by atoms with van der Waals surface area (Å²) in [4.78, 5) is 9.28. The van der Waals surface area contributed by atoms with E-state index >= 15 is 0 Å². The monoisotopic (exact) mass is 367 g/mol. The highest BCUT2D eigenvalue weighted by molar-refractivity contribution is 6.34. The molecule has 7 nitrogen and oxygen atoms in total. The first-order valence-electron chi connectivity index (χ1n) is 8.07. The molecule has 0 aliphatic heterocycles. The van der Waals surface area contributed by atoms with E-state index in [0.29, 0.717) is 22.6 Å². The Balaban J connectivity index is 1.86. The number of anilines is 2. The highest BCUT2D eigenvalue weighted by Crippen LogP contribution is 2.29. The van der Waals surface area contributed by atoms with Crippen molar-refractivity contribution < 1.29 is 9.13 Å². The number of aryl methyl sites for hydroxylation is 2. The predicted molar refractivity (Wildman–Crippen MR) is 97.8 cm³/mol. The Kier molecular flexibility index (Phi) is 4.14. The average molecular weight is 368 g/mol. The fourth-order valence-corrected chi connectivity index (χ4v) is 2.82. The van der Waals surface area contributed by atoms with E-state index in [1.54, 1.807) is 0 Å². The van der Waals surface area contributed by atoms with Crippen molar-refractivity contribution in [1.82, 2.24) is 19.1 Å². The van der Waals surface area contributed by atoms with E-state index in [0.717, 1.165) is 5.69 Å². The summed E-state index contributed by atoms with van der Waals surface area (Å²) in [5, 5.41) is 3.73. The molecule has 8 heteroatoms. The minimum absolute atomic E-state index is 0.449. The summed E-state index contributed by atoms with van der Waals surface area (Å²) in [6.45, 7) is 0. The van der Waals surface area contributed by atoms with E-state index < -0.39 is 0 Å². The number of imidazole rings is 2. The van der Waals surface area contributed by atoms with Gasteiger partial charge in [-0.15, -0.1) is 4.98 Å². The van der Waals surface area contributed by atoms with Gasteiger partial charge >= 0.3 is 5.95 Å². The summed E-state index contributed by atoms with van der Waals surface area (Å²) in [6, 6.07) is 9.80. The predicted octanol–water partition coefficient (Wildman–Crippen LogP) is 2.10. The lowest BCUT2D eigenvalue weighted by molar-refractivity contribution is -0.670. The van der Waals surface area contributed by atoms with Gasteiger partial charge in [0.1, 0.15) is 24.8 Å². The molecule has 4 aromatic rings. The summed E-state index contributed by atoms with van der Waals surface area (Å²) >= 11 is 6.64. The van der Waals surface area contributed by atoms with Crippen LogP contribution in [0, 0.1) is 0 Å². The van der Waals surface area contributed by atoms with Gasteiger partial charge in [0.15, 0.2) is 10.8 Å². The van der Waals surface area contributed by atoms with Crippen LogP contribution < -0.4 is 14.5 Å². The summed E-state index contributed by atoms with van der Waals surface area (Å²) in [7, 11) is 3.89. The lowest BCUT2D eigenvalue weighted by Crippen LogP contribution is -2.24. The topological polar surface area (TPSA) is 55.4 Å². The molecular formula is C18H18ClN7+2. The molecule has 1 aromatic carbocycles. The molecule has 0 fully saturated rings. The molecule has 0 bridgehead atoms. The SMILES string of the molecule is C[n+]1ccn(-c2nc(Nc3ccccc3)c(Cl)c(-n3cc[n+](C)c3)n2)c1. The maximum Gasteiger partial charge on any atom is 0.331 e. The second kappa shape index (κ2) is 6.61. The first-order chi connectivity index (χ1) is 12.6. The standard InChI is InChI=1S/C18H18ClN7/c1-23-8-10-25(12-23)17-15(19)16(20-14-6-4-3-5-7-14)21-18(22-17)26-11-9-24(2)13-26/h3-13H,1-2H3,(H,20,21,22)/q+2. The molecule has 0 aliphatic carbocycles. The zero-order valence-corrected chi connectivity index (χ0v) is 15.2. The van der Waals surface area contributed by atoms with Gasteiger partial charge in [-0.1, -0.05) is 29.8 Å². The van der Waals surface area contributed by atoms with Crippen molar-refractivity contribution in [2.45, 2.75) is 0 Å². The van der Waals surface area contributed by atoms with E-state index in [1.807, 2.05) is 100 Å². The van der Waals surface area contributed by atoms with Gasteiger partial charge in [-0.05, 0) is 12.1 Å². The van der Waals surface area contributed by atoms with E-state index in [1.165, 1.54) is 0 Å². The number of benzene rings is 1. The zero-order valence-electron chi connectivity index (χ0n) is 14.4. The number of hydrogen-bond donors (Lipinski definition) is 1. The minimum atomic E-state index is 0.449. The van der Waals surface area contributed by atoms with Crippen molar-refractivity contribution in [3.63, 3.8) is 0 Å². The Morgan fingerprint density at radius 1 is 0.923 bits per heavy atom. The molecule has 3 heterocycles. The van der Waals surface area contributed by atoms with Gasteiger partial charge in [-0.3, -0.25) is 0 Å². The second-order valence-corrected chi connectivity index (χ2v) is 6.35. The third-order valence-electron chi connectivity index (χ3n) is 3.87. The normalized spacial score (nSPS) is 10.9. The van der Waals surface area contributed by atoms with Crippen molar-refractivity contribution in [2.75, 3.05) is 5.32 Å². The molecule has 3 aromatic heterocycles. The first-order valence-corrected chi connectivity index (χ1v) is 8.45. The van der Waals surface area contributed by atoms with Crippen molar-refractivity contribution in [3.8, 4) is 11.8 Å². The molecule has 0 saturated heterocycles. The molecule has 26 heavy (non-hydrogen) atoms. The zero-order chi connectivity index (χ0) is 18.1. The summed E-state index contributed by atoms with van der Waals surface area (Å²) < 4.78 is 7.57. The van der Waals surface area contributed by atoms with Crippen LogP contribution in [0.3, 0.4) is 0 Å². The van der Waals surface area contributed by atoms with Crippen LogP contribution in [-0.4, -0.2) is 19.1 Å². The molecule has 4 rings (SSSR count). The van der Waals surface area contributed by atoms with Crippen LogP contribution in [0.4, 0.5) is 11.5 Å². The van der Waals surface area contributed by atoms with Crippen molar-refractivity contribution in [3.05, 3.63) is 72.8 Å². The number of aromatic nitrogens is 6. The molecule has 0 spiro atoms. The average Bonchev–Trinajstić information content (AvgIpc) is 3.26. The number of nitrogens with zero attached hydrogens (tertiary/aromatic N) is 6. The molecule has 0 saturated carbocycles. The number of hydrogen-bond acceptors (Lipinski definition) is 3. The Morgan fingerprint density at radius 3 is 2.19 bits per heavy atom. The Morgan fingerprint density at radius 2 is 1.58 bits per heavy atom. The third-order valence-corrected chi connectivity index (χ3v) is 4.22. The molecule has 0 unspecified atom stereocenters. The van der Waals surface area contributed by atoms with E-state index in [9.17, 15) is 0 Å². The minimum Gasteiger partial charge on any atom is -0.339 e. The van der Waals surface area contributed by atoms with E-state index in [2.05, 4.69) is 15.3 Å². The molecule has 130 valence electrons. The van der Waals surface area contributed by atoms with Gasteiger partial charge in [-0.25, -0.2) is 9.13 Å². The fraction of sp³-hybridized carbons (Fsp3) is 0.111. The van der Waals surface area contributed by atoms with Gasteiger partial charge in [0.25, 0.3) is 12.1 Å². The van der Waals surface area contributed by atoms with Crippen molar-refractivity contribution in [2.24, 2.45) is 14.1 Å². The number of rotatable bonds is 4. The van der Waals surface area contributed by atoms with Crippen molar-refractivity contribution in [1.29, 1.82) is 0 Å². The maximum atomic E-state index is 6.64. The summed E-state index contributed by atoms with van der Waals surface area (Å²) in [6.07, 6.45) is 11.5. The van der Waals surface area contributed by atoms with Crippen LogP contribution in [0.25, 0.3) is 11.8 Å². The van der Waals surface area contributed by atoms with Gasteiger partial charge in [-0.2, -0.15) is 14.1 Å². The van der Waals surface area contributed by atoms with E-state index in [-0.39, 0.29) is 0 Å². The summed E-state index contributed by atoms with van der Waals surface area (Å²) in [5.41, 5.74) is 0.904. The van der Waals surface area contributed by atoms with Crippen LogP contribution in [0.15, 0.2) is 67.8 Å². The Hall–Kier alpha value is -3.19. The highest BCUT2D eigenvalue weighted by Gasteiger charge is 2.22. The molecule has 0 atom stereocenters. The van der Waals surface area contributed by atoms with E-state index in [4.69, 9.17) is 11.6 Å². The maximum absolute atomic E-state index is 6.64. The molecule has 0 aliphatic rings. The van der Waals surface area contributed by atoms with Crippen LogP contribution in [-0.2, 0) is 14.1 Å². The van der Waals surface area contributed by atoms with Crippen LogP contribution in [0.5, 0.6) is 0 Å². The molecule has 1 N–H and O–H groups in total. The lowest BCUT2D eigenvalue weighted by atomic mass is 10.3. The van der Waals surface area contributed by atoms with Crippen LogP contribution >= 0.6 is 11.6 Å². The number of nitrogens with one attached hydrogen (secondary N) is 1. The third kappa shape index (κ3) is 3.16. The van der Waals surface area contributed by atoms with Gasteiger partial charge in [0.05, 0.1) is 14.1 Å². The molecule has 0 amide bonds. The first kappa shape index (κ1) is 16.3. The quantitative estimate of drug-likeness (QED) is 0.562.